The maximum Gasteiger partial charge on any atom is 0.253 e. The number of H-pyrrole nitrogens is 1. The van der Waals surface area contributed by atoms with Crippen LogP contribution < -0.4 is 4.74 Å². The predicted molar refractivity (Wildman–Crippen MR) is 125 cm³/mol. The second-order valence-electron chi connectivity index (χ2n) is 8.15. The molecule has 4 rings (SSSR count). The topological polar surface area (TPSA) is 82.7 Å². The van der Waals surface area contributed by atoms with Gasteiger partial charge < -0.3 is 14.6 Å². The second kappa shape index (κ2) is 8.77. The molecule has 1 aromatic heterocycles. The standard InChI is InChI=1S/C23H26ClN3O4S/c1-26(2)32(29,30)22-12-16(4-6-20(22)24)23(28)27-10-8-15(9-11-27)19-14-25-21-7-5-17(31-3)13-18(19)21/h4-7,12-15,25H,8-11H2,1-3H3. The number of methoxy groups -OCH3 is 1. The van der Waals surface area contributed by atoms with Crippen LogP contribution in [0.15, 0.2) is 47.5 Å². The highest BCUT2D eigenvalue weighted by Crippen LogP contribution is 2.35. The number of ether oxygens (including phenoxy) is 1. The van der Waals surface area contributed by atoms with Gasteiger partial charge in [-0.05, 0) is 60.7 Å². The van der Waals surface area contributed by atoms with Crippen molar-refractivity contribution in [1.29, 1.82) is 0 Å². The molecule has 0 unspecified atom stereocenters. The fraction of sp³-hybridized carbons (Fsp3) is 0.348. The minimum absolute atomic E-state index is 0.0577. The lowest BCUT2D eigenvalue weighted by atomic mass is 9.89. The summed E-state index contributed by atoms with van der Waals surface area (Å²) in [6.45, 7) is 1.19. The zero-order valence-electron chi connectivity index (χ0n) is 18.3. The molecule has 170 valence electrons. The first-order chi connectivity index (χ1) is 15.2. The van der Waals surface area contributed by atoms with Crippen LogP contribution in [0.25, 0.3) is 10.9 Å². The average Bonchev–Trinajstić information content (AvgIpc) is 3.22. The molecular formula is C23H26ClN3O4S. The fourth-order valence-electron chi connectivity index (χ4n) is 4.19. The number of hydrogen-bond donors (Lipinski definition) is 1. The van der Waals surface area contributed by atoms with E-state index in [1.54, 1.807) is 18.1 Å². The van der Waals surface area contributed by atoms with Crippen LogP contribution in [0.2, 0.25) is 5.02 Å². The summed E-state index contributed by atoms with van der Waals surface area (Å²) >= 11 is 6.12. The summed E-state index contributed by atoms with van der Waals surface area (Å²) in [5, 5.41) is 1.24. The van der Waals surface area contributed by atoms with Crippen molar-refractivity contribution in [1.82, 2.24) is 14.2 Å². The van der Waals surface area contributed by atoms with Gasteiger partial charge in [0.25, 0.3) is 5.91 Å². The number of nitrogens with zero attached hydrogens (tertiary/aromatic N) is 2. The van der Waals surface area contributed by atoms with E-state index in [0.29, 0.717) is 24.6 Å². The van der Waals surface area contributed by atoms with E-state index >= 15 is 0 Å². The van der Waals surface area contributed by atoms with E-state index in [0.717, 1.165) is 33.8 Å². The van der Waals surface area contributed by atoms with Gasteiger partial charge in [0.15, 0.2) is 0 Å². The first-order valence-corrected chi connectivity index (χ1v) is 12.2. The number of benzene rings is 2. The quantitative estimate of drug-likeness (QED) is 0.602. The summed E-state index contributed by atoms with van der Waals surface area (Å²) < 4.78 is 31.5. The number of likely N-dealkylation sites (tertiary alicyclic amines) is 1. The second-order valence-corrected chi connectivity index (χ2v) is 10.7. The van der Waals surface area contributed by atoms with Crippen LogP contribution in [0, 0.1) is 0 Å². The number of halogens is 1. The van der Waals surface area contributed by atoms with Crippen LogP contribution in [-0.4, -0.2) is 62.8 Å². The summed E-state index contributed by atoms with van der Waals surface area (Å²) in [6, 6.07) is 10.4. The lowest BCUT2D eigenvalue weighted by molar-refractivity contribution is 0.0713. The highest BCUT2D eigenvalue weighted by molar-refractivity contribution is 7.89. The third-order valence-electron chi connectivity index (χ3n) is 6.08. The van der Waals surface area contributed by atoms with Gasteiger partial charge in [0.2, 0.25) is 10.0 Å². The molecule has 9 heteroatoms. The largest absolute Gasteiger partial charge is 0.497 e. The Balaban J connectivity index is 1.51. The Morgan fingerprint density at radius 2 is 1.88 bits per heavy atom. The zero-order chi connectivity index (χ0) is 23.0. The molecule has 2 heterocycles. The first kappa shape index (κ1) is 22.6. The molecule has 3 aromatic rings. The van der Waals surface area contributed by atoms with Gasteiger partial charge in [-0.2, -0.15) is 0 Å². The smallest absolute Gasteiger partial charge is 0.253 e. The van der Waals surface area contributed by atoms with Crippen LogP contribution in [0.1, 0.15) is 34.7 Å². The maximum absolute atomic E-state index is 13.1. The Morgan fingerprint density at radius 1 is 1.16 bits per heavy atom. The number of aromatic nitrogens is 1. The van der Waals surface area contributed by atoms with E-state index in [9.17, 15) is 13.2 Å². The van der Waals surface area contributed by atoms with E-state index in [4.69, 9.17) is 16.3 Å². The SMILES string of the molecule is COc1ccc2[nH]cc(C3CCN(C(=O)c4ccc(Cl)c(S(=O)(=O)N(C)C)c4)CC3)c2c1. The molecule has 0 atom stereocenters. The highest BCUT2D eigenvalue weighted by Gasteiger charge is 2.28. The fourth-order valence-corrected chi connectivity index (χ4v) is 5.59. The van der Waals surface area contributed by atoms with E-state index < -0.39 is 10.0 Å². The summed E-state index contributed by atoms with van der Waals surface area (Å²) in [5.74, 6) is 0.961. The Labute approximate surface area is 193 Å². The van der Waals surface area contributed by atoms with Crippen molar-refractivity contribution in [3.8, 4) is 5.75 Å². The Bertz CT molecular complexity index is 1260. The van der Waals surface area contributed by atoms with Crippen LogP contribution >= 0.6 is 11.6 Å². The van der Waals surface area contributed by atoms with Gasteiger partial charge in [0.05, 0.1) is 12.1 Å². The summed E-state index contributed by atoms with van der Waals surface area (Å²) in [7, 11) is 0.785. The van der Waals surface area contributed by atoms with Gasteiger partial charge in [-0.3, -0.25) is 4.79 Å². The predicted octanol–water partition coefficient (Wildman–Crippen LogP) is 4.10. The molecule has 1 fully saturated rings. The van der Waals surface area contributed by atoms with E-state index in [1.807, 2.05) is 24.4 Å². The minimum atomic E-state index is -3.74. The molecule has 1 saturated heterocycles. The van der Waals surface area contributed by atoms with Crippen molar-refractivity contribution in [2.24, 2.45) is 0 Å². The maximum atomic E-state index is 13.1. The van der Waals surface area contributed by atoms with Gasteiger partial charge in [0.1, 0.15) is 10.6 Å². The molecule has 1 aliphatic rings. The van der Waals surface area contributed by atoms with E-state index in [1.165, 1.54) is 31.8 Å². The van der Waals surface area contributed by atoms with Crippen molar-refractivity contribution in [3.05, 3.63) is 58.7 Å². The van der Waals surface area contributed by atoms with Crippen LogP contribution in [0.4, 0.5) is 0 Å². The number of amides is 1. The number of fused-ring (bicyclic) bond motifs is 1. The molecule has 7 nitrogen and oxygen atoms in total. The van der Waals surface area contributed by atoms with Gasteiger partial charge >= 0.3 is 0 Å². The molecule has 0 bridgehead atoms. The molecule has 1 N–H and O–H groups in total. The molecule has 32 heavy (non-hydrogen) atoms. The number of nitrogens with one attached hydrogen (secondary N) is 1. The molecular weight excluding hydrogens is 450 g/mol. The van der Waals surface area contributed by atoms with Crippen LogP contribution in [-0.2, 0) is 10.0 Å². The third-order valence-corrected chi connectivity index (χ3v) is 8.38. The number of hydrogen-bond acceptors (Lipinski definition) is 4. The minimum Gasteiger partial charge on any atom is -0.497 e. The zero-order valence-corrected chi connectivity index (χ0v) is 19.8. The highest BCUT2D eigenvalue weighted by atomic mass is 35.5. The number of carbonyl (C=O) groups excluding carboxylic acids is 1. The van der Waals surface area contributed by atoms with Crippen molar-refractivity contribution in [3.63, 3.8) is 0 Å². The van der Waals surface area contributed by atoms with Gasteiger partial charge in [-0.15, -0.1) is 0 Å². The number of rotatable bonds is 5. The Hall–Kier alpha value is -2.55. The third kappa shape index (κ3) is 4.10. The summed E-state index contributed by atoms with van der Waals surface area (Å²) in [4.78, 5) is 18.1. The Kier molecular flexibility index (Phi) is 6.20. The summed E-state index contributed by atoms with van der Waals surface area (Å²) in [6.07, 6.45) is 3.70. The number of sulfonamides is 1. The average molecular weight is 476 g/mol. The van der Waals surface area contributed by atoms with E-state index in [-0.39, 0.29) is 15.8 Å². The molecule has 1 aliphatic heterocycles. The normalized spacial score (nSPS) is 15.5. The molecule has 0 aliphatic carbocycles. The van der Waals surface area contributed by atoms with Crippen LogP contribution in [0.3, 0.4) is 0 Å². The molecule has 1 amide bonds. The molecule has 2 aromatic carbocycles. The van der Waals surface area contributed by atoms with Crippen molar-refractivity contribution >= 4 is 38.4 Å². The van der Waals surface area contributed by atoms with E-state index in [2.05, 4.69) is 4.98 Å². The lowest BCUT2D eigenvalue weighted by Gasteiger charge is -2.32. The van der Waals surface area contributed by atoms with Gasteiger partial charge in [-0.1, -0.05) is 11.6 Å². The van der Waals surface area contributed by atoms with Crippen molar-refractivity contribution < 1.29 is 17.9 Å². The first-order valence-electron chi connectivity index (χ1n) is 10.4. The molecule has 0 saturated carbocycles. The number of aromatic amines is 1. The Morgan fingerprint density at radius 3 is 2.53 bits per heavy atom. The molecule has 0 spiro atoms. The van der Waals surface area contributed by atoms with Crippen molar-refractivity contribution in [2.75, 3.05) is 34.3 Å². The monoisotopic (exact) mass is 475 g/mol. The van der Waals surface area contributed by atoms with Gasteiger partial charge in [-0.25, -0.2) is 12.7 Å². The van der Waals surface area contributed by atoms with Crippen molar-refractivity contribution in [2.45, 2.75) is 23.7 Å². The number of piperidine rings is 1. The molecule has 0 radical (unpaired) electrons. The lowest BCUT2D eigenvalue weighted by Crippen LogP contribution is -2.38. The van der Waals surface area contributed by atoms with Crippen LogP contribution in [0.5, 0.6) is 5.75 Å². The summed E-state index contributed by atoms with van der Waals surface area (Å²) in [5.41, 5.74) is 2.62. The van der Waals surface area contributed by atoms with Gasteiger partial charge in [0, 0.05) is 49.8 Å². The number of carbonyl (C=O) groups is 1.